The smallest absolute Gasteiger partial charge is 0.0533 e. The van der Waals surface area contributed by atoms with Crippen LogP contribution in [0, 0.1) is 0 Å². The second-order valence-electron chi connectivity index (χ2n) is 24.7. The summed E-state index contributed by atoms with van der Waals surface area (Å²) >= 11 is 0. The molecule has 0 aliphatic heterocycles. The standard InChI is InChI=1S/12C7H16.H2O/c12*1-3-5-7-6-4-2;/h12*3-7H2,1-2H3;1H2. The van der Waals surface area contributed by atoms with Crippen molar-refractivity contribution in [3.63, 3.8) is 0 Å². The van der Waals surface area contributed by atoms with E-state index in [0.29, 0.717) is 0 Å². The fourth-order valence-corrected chi connectivity index (χ4v) is 8.12. The molecule has 0 saturated heterocycles. The van der Waals surface area contributed by atoms with Crippen LogP contribution in [0.5, 0.6) is 0 Å². The number of rotatable bonds is 48. The van der Waals surface area contributed by atoms with Crippen LogP contribution in [-0.2, 0) is 0 Å². The first-order valence-corrected chi connectivity index (χ1v) is 41.0. The van der Waals surface area contributed by atoms with Gasteiger partial charge in [0, 0.05) is 0 Å². The fourth-order valence-electron chi connectivity index (χ4n) is 8.12. The van der Waals surface area contributed by atoms with Crippen LogP contribution in [0.2, 0.25) is 0 Å². The van der Waals surface area contributed by atoms with Gasteiger partial charge in [-0.15, -0.1) is 0 Å². The lowest BCUT2D eigenvalue weighted by molar-refractivity contribution is 0.656. The monoisotopic (exact) mass is 1220 g/mol. The van der Waals surface area contributed by atoms with E-state index in [9.17, 15) is 0 Å². The molecule has 1 nitrogen and oxygen atoms in total. The molecule has 0 aliphatic rings. The van der Waals surface area contributed by atoms with Crippen LogP contribution in [0.15, 0.2) is 0 Å². The van der Waals surface area contributed by atoms with Gasteiger partial charge in [-0.3, -0.25) is 0 Å². The van der Waals surface area contributed by atoms with E-state index in [4.69, 9.17) is 0 Å². The van der Waals surface area contributed by atoms with Gasteiger partial charge in [-0.2, -0.15) is 0 Å². The molecule has 0 aromatic rings. The molecule has 0 aliphatic carbocycles. The molecule has 0 bridgehead atoms. The molecule has 85 heavy (non-hydrogen) atoms. The molecule has 0 aromatic carbocycles. The molecule has 0 amide bonds. The molecule has 0 aromatic heterocycles. The van der Waals surface area contributed by atoms with Crippen LogP contribution in [0.3, 0.4) is 0 Å². The van der Waals surface area contributed by atoms with Gasteiger partial charge < -0.3 is 5.48 Å². The lowest BCUT2D eigenvalue weighted by Crippen LogP contribution is -1.70. The van der Waals surface area contributed by atoms with Crippen LogP contribution in [0.1, 0.15) is 551 Å². The van der Waals surface area contributed by atoms with Crippen LogP contribution in [-0.4, -0.2) is 5.48 Å². The average Bonchev–Trinajstić information content (AvgIpc) is 3.51. The van der Waals surface area contributed by atoms with Gasteiger partial charge in [-0.25, -0.2) is 0 Å². The zero-order chi connectivity index (χ0) is 66.4. The topological polar surface area (TPSA) is 31.5 Å². The Kier molecular flexibility index (Phi) is 219. The molecule has 0 fully saturated rings. The second-order valence-corrected chi connectivity index (χ2v) is 24.7. The van der Waals surface area contributed by atoms with Crippen molar-refractivity contribution in [1.82, 2.24) is 0 Å². The van der Waals surface area contributed by atoms with Gasteiger partial charge in [0.05, 0.1) is 0 Å². The van der Waals surface area contributed by atoms with Gasteiger partial charge in [0.25, 0.3) is 0 Å². The second kappa shape index (κ2) is 161. The lowest BCUT2D eigenvalue weighted by atomic mass is 10.2. The van der Waals surface area contributed by atoms with Crippen molar-refractivity contribution in [2.75, 3.05) is 0 Å². The number of hydrogen-bond acceptors (Lipinski definition) is 0. The van der Waals surface area contributed by atoms with E-state index < -0.39 is 0 Å². The van der Waals surface area contributed by atoms with Crippen molar-refractivity contribution in [2.24, 2.45) is 0 Å². The molecule has 536 valence electrons. The maximum absolute atomic E-state index is 2.25. The average molecular weight is 1220 g/mol. The summed E-state index contributed by atoms with van der Waals surface area (Å²) in [5.41, 5.74) is 0. The zero-order valence-electron chi connectivity index (χ0n) is 66.9. The number of unbranched alkanes of at least 4 members (excludes halogenated alkanes) is 48. The van der Waals surface area contributed by atoms with Gasteiger partial charge in [0.2, 0.25) is 0 Å². The summed E-state index contributed by atoms with van der Waals surface area (Å²) in [4.78, 5) is 0. The maximum atomic E-state index is 2.25. The minimum absolute atomic E-state index is 0. The first-order chi connectivity index (χ1) is 41.0. The number of hydrogen-bond donors (Lipinski definition) is 0. The van der Waals surface area contributed by atoms with Crippen LogP contribution >= 0.6 is 0 Å². The van der Waals surface area contributed by atoms with E-state index in [-0.39, 0.29) is 5.48 Å². The molecular formula is C84H194O. The van der Waals surface area contributed by atoms with Crippen molar-refractivity contribution in [2.45, 2.75) is 551 Å². The van der Waals surface area contributed by atoms with Crippen LogP contribution in [0.25, 0.3) is 0 Å². The summed E-state index contributed by atoms with van der Waals surface area (Å²) in [6.07, 6.45) is 84.1. The molecular weight excluding hydrogens is 1020 g/mol. The van der Waals surface area contributed by atoms with Gasteiger partial charge in [-0.1, -0.05) is 551 Å². The Bertz CT molecular complexity index is 454. The van der Waals surface area contributed by atoms with Gasteiger partial charge in [0.1, 0.15) is 0 Å². The molecule has 2 N–H and O–H groups in total. The lowest BCUT2D eigenvalue weighted by Gasteiger charge is -1.90. The summed E-state index contributed by atoms with van der Waals surface area (Å²) in [5, 5.41) is 0. The third-order valence-electron chi connectivity index (χ3n) is 14.5. The summed E-state index contributed by atoms with van der Waals surface area (Å²) in [7, 11) is 0. The largest absolute Gasteiger partial charge is 0.412 e. The molecule has 0 radical (unpaired) electrons. The molecule has 1 heteroatoms. The highest BCUT2D eigenvalue weighted by Gasteiger charge is 1.87. The van der Waals surface area contributed by atoms with Gasteiger partial charge in [0.15, 0.2) is 0 Å². The van der Waals surface area contributed by atoms with Gasteiger partial charge in [-0.05, 0) is 0 Å². The molecule has 0 spiro atoms. The van der Waals surface area contributed by atoms with E-state index in [2.05, 4.69) is 166 Å². The first kappa shape index (κ1) is 116. The maximum Gasteiger partial charge on any atom is -0.0533 e. The van der Waals surface area contributed by atoms with E-state index in [1.54, 1.807) is 0 Å². The Hall–Kier alpha value is -0.0400. The van der Waals surface area contributed by atoms with Crippen molar-refractivity contribution >= 4 is 0 Å². The predicted molar refractivity (Wildman–Crippen MR) is 417 cm³/mol. The van der Waals surface area contributed by atoms with E-state index in [0.717, 1.165) is 0 Å². The van der Waals surface area contributed by atoms with Crippen molar-refractivity contribution in [3.8, 4) is 0 Å². The van der Waals surface area contributed by atoms with Crippen LogP contribution < -0.4 is 0 Å². The van der Waals surface area contributed by atoms with E-state index >= 15 is 0 Å². The SMILES string of the molecule is CCCCCCC.CCCCCCC.CCCCCCC.CCCCCCC.CCCCCCC.CCCCCCC.CCCCCCC.CCCCCCC.CCCCCCC.CCCCCCC.CCCCCCC.CCCCCCC.O. The zero-order valence-corrected chi connectivity index (χ0v) is 66.9. The Labute approximate surface area is 554 Å². The summed E-state index contributed by atoms with van der Waals surface area (Å²) in [6.45, 7) is 53.9. The third-order valence-corrected chi connectivity index (χ3v) is 14.5. The van der Waals surface area contributed by atoms with Crippen molar-refractivity contribution in [1.29, 1.82) is 0 Å². The van der Waals surface area contributed by atoms with Crippen molar-refractivity contribution in [3.05, 3.63) is 0 Å². The quantitative estimate of drug-likeness (QED) is 0.0544. The molecule has 0 heterocycles. The van der Waals surface area contributed by atoms with Crippen molar-refractivity contribution < 1.29 is 5.48 Å². The van der Waals surface area contributed by atoms with E-state index in [1.807, 2.05) is 0 Å². The summed E-state index contributed by atoms with van der Waals surface area (Å²) in [6, 6.07) is 0. The van der Waals surface area contributed by atoms with Gasteiger partial charge >= 0.3 is 0 Å². The molecule has 0 saturated carbocycles. The molecule has 0 unspecified atom stereocenters. The highest BCUT2D eigenvalue weighted by molar-refractivity contribution is 4.42. The Morgan fingerprint density at radius 3 is 0.129 bits per heavy atom. The minimum Gasteiger partial charge on any atom is -0.412 e. The Balaban J connectivity index is -0.0000000604. The van der Waals surface area contributed by atoms with Crippen LogP contribution in [0.4, 0.5) is 0 Å². The Morgan fingerprint density at radius 1 is 0.0706 bits per heavy atom. The fraction of sp³-hybridized carbons (Fsp3) is 1.00. The summed E-state index contributed by atoms with van der Waals surface area (Å²) < 4.78 is 0. The first-order valence-electron chi connectivity index (χ1n) is 41.0. The summed E-state index contributed by atoms with van der Waals surface area (Å²) in [5.74, 6) is 0. The minimum atomic E-state index is 0. The third kappa shape index (κ3) is 245. The molecule has 0 rings (SSSR count). The Morgan fingerprint density at radius 2 is 0.106 bits per heavy atom. The molecule has 0 atom stereocenters. The normalized spacial score (nSPS) is 9.32. The predicted octanol–water partition coefficient (Wildman–Crippen LogP) is 34.9. The highest BCUT2D eigenvalue weighted by Crippen LogP contribution is 2.07. The highest BCUT2D eigenvalue weighted by atomic mass is 16.0. The van der Waals surface area contributed by atoms with E-state index in [1.165, 1.54) is 385 Å².